The zero-order valence-electron chi connectivity index (χ0n) is 11.1. The van der Waals surface area contributed by atoms with Crippen molar-refractivity contribution in [2.45, 2.75) is 38.3 Å². The average molecular weight is 324 g/mol. The molecule has 1 nitrogen and oxygen atoms in total. The molecule has 3 heteroatoms. The molecule has 0 heterocycles. The van der Waals surface area contributed by atoms with Crippen LogP contribution in [0.4, 0.5) is 4.39 Å². The van der Waals surface area contributed by atoms with Crippen LogP contribution in [0.1, 0.15) is 37.8 Å². The standard InChI is InChI=1S/C16H19BrFN/c1-8(12-5-4-11(18)7-13(12)17)19-16-14-9-2-3-10(6-9)15(14)16/h4-5,7-10,14-16,19H,2-3,6H2,1H3. The van der Waals surface area contributed by atoms with Crippen LogP contribution in [-0.2, 0) is 0 Å². The fourth-order valence-electron chi connectivity index (χ4n) is 4.78. The summed E-state index contributed by atoms with van der Waals surface area (Å²) in [5, 5.41) is 3.78. The van der Waals surface area contributed by atoms with Gasteiger partial charge >= 0.3 is 0 Å². The van der Waals surface area contributed by atoms with Gasteiger partial charge in [-0.3, -0.25) is 0 Å². The summed E-state index contributed by atoms with van der Waals surface area (Å²) in [5.41, 5.74) is 1.17. The highest BCUT2D eigenvalue weighted by molar-refractivity contribution is 9.10. The summed E-state index contributed by atoms with van der Waals surface area (Å²) in [4.78, 5) is 0. The van der Waals surface area contributed by atoms with Gasteiger partial charge in [-0.15, -0.1) is 0 Å². The van der Waals surface area contributed by atoms with Crippen molar-refractivity contribution < 1.29 is 4.39 Å². The molecule has 5 unspecified atom stereocenters. The zero-order chi connectivity index (χ0) is 13.1. The van der Waals surface area contributed by atoms with Gasteiger partial charge in [-0.05, 0) is 67.6 Å². The van der Waals surface area contributed by atoms with Crippen LogP contribution in [0, 0.1) is 29.5 Å². The predicted octanol–water partition coefficient (Wildman–Crippen LogP) is 4.28. The molecule has 0 radical (unpaired) electrons. The molecule has 2 bridgehead atoms. The molecule has 0 spiro atoms. The zero-order valence-corrected chi connectivity index (χ0v) is 12.7. The monoisotopic (exact) mass is 323 g/mol. The molecule has 19 heavy (non-hydrogen) atoms. The molecule has 0 aliphatic heterocycles. The molecule has 0 aromatic heterocycles. The van der Waals surface area contributed by atoms with Crippen molar-refractivity contribution in [2.24, 2.45) is 23.7 Å². The first kappa shape index (κ1) is 12.3. The third-order valence-electron chi connectivity index (χ3n) is 5.61. The van der Waals surface area contributed by atoms with Crippen LogP contribution in [0.3, 0.4) is 0 Å². The maximum absolute atomic E-state index is 13.1. The van der Waals surface area contributed by atoms with Gasteiger partial charge in [-0.25, -0.2) is 4.39 Å². The Hall–Kier alpha value is -0.410. The normalized spacial score (nSPS) is 40.3. The molecule has 3 fully saturated rings. The predicted molar refractivity (Wildman–Crippen MR) is 77.2 cm³/mol. The summed E-state index contributed by atoms with van der Waals surface area (Å²) < 4.78 is 14.0. The maximum atomic E-state index is 13.1. The number of rotatable bonds is 3. The fourth-order valence-corrected chi connectivity index (χ4v) is 5.47. The van der Waals surface area contributed by atoms with Gasteiger partial charge in [0.15, 0.2) is 0 Å². The first-order chi connectivity index (χ1) is 9.15. The van der Waals surface area contributed by atoms with Gasteiger partial charge in [0.2, 0.25) is 0 Å². The molecule has 1 aromatic rings. The van der Waals surface area contributed by atoms with E-state index in [0.29, 0.717) is 6.04 Å². The number of halogens is 2. The minimum Gasteiger partial charge on any atom is -0.307 e. The van der Waals surface area contributed by atoms with Crippen LogP contribution in [0.5, 0.6) is 0 Å². The van der Waals surface area contributed by atoms with Gasteiger partial charge in [-0.2, -0.15) is 0 Å². The molecule has 1 N–H and O–H groups in total. The number of hydrogen-bond acceptors (Lipinski definition) is 1. The van der Waals surface area contributed by atoms with Crippen molar-refractivity contribution in [1.82, 2.24) is 5.32 Å². The second-order valence-corrected chi connectivity index (χ2v) is 7.42. The Kier molecular flexibility index (Phi) is 2.79. The van der Waals surface area contributed by atoms with E-state index in [4.69, 9.17) is 0 Å². The van der Waals surface area contributed by atoms with E-state index >= 15 is 0 Å². The number of hydrogen-bond donors (Lipinski definition) is 1. The smallest absolute Gasteiger partial charge is 0.124 e. The SMILES string of the molecule is CC(NC1C2C3CCC(C3)C12)c1ccc(F)cc1Br. The molecule has 102 valence electrons. The van der Waals surface area contributed by atoms with Gasteiger partial charge in [0, 0.05) is 16.6 Å². The first-order valence-electron chi connectivity index (χ1n) is 7.36. The van der Waals surface area contributed by atoms with Gasteiger partial charge in [-0.1, -0.05) is 22.0 Å². The Bertz CT molecular complexity index is 501. The van der Waals surface area contributed by atoms with Crippen LogP contribution in [-0.4, -0.2) is 6.04 Å². The highest BCUT2D eigenvalue weighted by Gasteiger charge is 2.64. The van der Waals surface area contributed by atoms with Crippen LogP contribution < -0.4 is 5.32 Å². The third kappa shape index (κ3) is 1.89. The van der Waals surface area contributed by atoms with Crippen molar-refractivity contribution in [1.29, 1.82) is 0 Å². The molecule has 3 aliphatic carbocycles. The van der Waals surface area contributed by atoms with Crippen molar-refractivity contribution in [3.63, 3.8) is 0 Å². The van der Waals surface area contributed by atoms with Gasteiger partial charge in [0.25, 0.3) is 0 Å². The number of fused-ring (bicyclic) bond motifs is 5. The number of benzene rings is 1. The molecule has 0 amide bonds. The lowest BCUT2D eigenvalue weighted by atomic mass is 10.0. The maximum Gasteiger partial charge on any atom is 0.124 e. The summed E-state index contributed by atoms with van der Waals surface area (Å²) in [5.74, 6) is 3.71. The molecule has 3 aliphatic rings. The van der Waals surface area contributed by atoms with Crippen molar-refractivity contribution in [2.75, 3.05) is 0 Å². The lowest BCUT2D eigenvalue weighted by molar-refractivity contribution is 0.432. The van der Waals surface area contributed by atoms with Crippen molar-refractivity contribution in [3.8, 4) is 0 Å². The van der Waals surface area contributed by atoms with E-state index in [9.17, 15) is 4.39 Å². The average Bonchev–Trinajstić information content (AvgIpc) is 2.78. The third-order valence-corrected chi connectivity index (χ3v) is 6.29. The van der Waals surface area contributed by atoms with E-state index < -0.39 is 0 Å². The Labute approximate surface area is 122 Å². The second-order valence-electron chi connectivity index (χ2n) is 6.57. The largest absolute Gasteiger partial charge is 0.307 e. The highest BCUT2D eigenvalue weighted by Crippen LogP contribution is 2.65. The topological polar surface area (TPSA) is 12.0 Å². The van der Waals surface area contributed by atoms with Crippen LogP contribution in [0.25, 0.3) is 0 Å². The van der Waals surface area contributed by atoms with Crippen molar-refractivity contribution >= 4 is 15.9 Å². The van der Waals surface area contributed by atoms with Crippen LogP contribution >= 0.6 is 15.9 Å². The molecule has 1 aromatic carbocycles. The minimum absolute atomic E-state index is 0.177. The Morgan fingerprint density at radius 3 is 2.58 bits per heavy atom. The van der Waals surface area contributed by atoms with E-state index in [1.54, 1.807) is 12.1 Å². The van der Waals surface area contributed by atoms with Crippen molar-refractivity contribution in [3.05, 3.63) is 34.1 Å². The lowest BCUT2D eigenvalue weighted by Gasteiger charge is -2.18. The number of nitrogens with one attached hydrogen (secondary N) is 1. The quantitative estimate of drug-likeness (QED) is 0.875. The highest BCUT2D eigenvalue weighted by atomic mass is 79.9. The minimum atomic E-state index is -0.177. The summed E-state index contributed by atoms with van der Waals surface area (Å²) >= 11 is 3.48. The summed E-state index contributed by atoms with van der Waals surface area (Å²) in [6.45, 7) is 2.19. The van der Waals surface area contributed by atoms with Gasteiger partial charge < -0.3 is 5.32 Å². The van der Waals surface area contributed by atoms with Crippen LogP contribution in [0.2, 0.25) is 0 Å². The Balaban J connectivity index is 1.46. The second kappa shape index (κ2) is 4.29. The molecule has 3 saturated carbocycles. The molecule has 0 saturated heterocycles. The van der Waals surface area contributed by atoms with E-state index in [-0.39, 0.29) is 5.82 Å². The van der Waals surface area contributed by atoms with E-state index in [1.807, 2.05) is 6.07 Å². The summed E-state index contributed by atoms with van der Waals surface area (Å²) in [6, 6.07) is 6.02. The van der Waals surface area contributed by atoms with E-state index in [1.165, 1.54) is 24.8 Å². The first-order valence-corrected chi connectivity index (χ1v) is 8.15. The lowest BCUT2D eigenvalue weighted by Crippen LogP contribution is -2.26. The molecular weight excluding hydrogens is 305 g/mol. The van der Waals surface area contributed by atoms with Crippen LogP contribution in [0.15, 0.2) is 22.7 Å². The fraction of sp³-hybridized carbons (Fsp3) is 0.625. The summed E-state index contributed by atoms with van der Waals surface area (Å²) in [6.07, 6.45) is 4.40. The summed E-state index contributed by atoms with van der Waals surface area (Å²) in [7, 11) is 0. The van der Waals surface area contributed by atoms with E-state index in [0.717, 1.165) is 34.2 Å². The molecule has 5 atom stereocenters. The Morgan fingerprint density at radius 1 is 1.26 bits per heavy atom. The molecule has 4 rings (SSSR count). The van der Waals surface area contributed by atoms with E-state index in [2.05, 4.69) is 28.2 Å². The molecular formula is C16H19BrFN. The Morgan fingerprint density at radius 2 is 1.95 bits per heavy atom. The van der Waals surface area contributed by atoms with Gasteiger partial charge in [0.05, 0.1) is 0 Å². The van der Waals surface area contributed by atoms with Gasteiger partial charge in [0.1, 0.15) is 5.82 Å².